The van der Waals surface area contributed by atoms with Gasteiger partial charge in [0.25, 0.3) is 11.8 Å². The Morgan fingerprint density at radius 3 is 2.56 bits per heavy atom. The summed E-state index contributed by atoms with van der Waals surface area (Å²) in [7, 11) is 0. The van der Waals surface area contributed by atoms with Crippen molar-refractivity contribution in [3.63, 3.8) is 0 Å². The highest BCUT2D eigenvalue weighted by atomic mass is 32.2. The number of amides is 2. The highest BCUT2D eigenvalue weighted by Crippen LogP contribution is 2.34. The molecule has 218 valence electrons. The molecular formula is C33H30N4O4S2. The average molecular weight is 611 g/mol. The van der Waals surface area contributed by atoms with Crippen LogP contribution in [0.5, 0.6) is 0 Å². The number of morpholine rings is 1. The molecule has 1 aliphatic heterocycles. The maximum absolute atomic E-state index is 13.5. The van der Waals surface area contributed by atoms with Crippen LogP contribution in [0, 0.1) is 0 Å². The lowest BCUT2D eigenvalue weighted by Crippen LogP contribution is -2.41. The van der Waals surface area contributed by atoms with Crippen molar-refractivity contribution in [2.75, 3.05) is 37.4 Å². The smallest absolute Gasteiger partial charge is 0.256 e. The topological polar surface area (TPSA) is 93.5 Å². The van der Waals surface area contributed by atoms with Gasteiger partial charge in [-0.15, -0.1) is 11.3 Å². The van der Waals surface area contributed by atoms with Crippen LogP contribution in [0.3, 0.4) is 0 Å². The Balaban J connectivity index is 1.06. The first-order valence-corrected chi connectivity index (χ1v) is 16.3. The van der Waals surface area contributed by atoms with E-state index in [-0.39, 0.29) is 17.7 Å². The lowest BCUT2D eigenvalue weighted by Gasteiger charge is -2.27. The van der Waals surface area contributed by atoms with E-state index in [1.54, 1.807) is 29.2 Å². The molecule has 1 fully saturated rings. The lowest BCUT2D eigenvalue weighted by atomic mass is 9.96. The molecule has 0 saturated carbocycles. The molecule has 43 heavy (non-hydrogen) atoms. The number of aryl methyl sites for hydroxylation is 1. The number of carbonyl (C=O) groups excluding carboxylic acids is 3. The SMILES string of the molecule is O=C(Nc1ccc2nc(SCC(=O)n3c4c(c5ccccc53)CCCC4)sc2c1)c1ccccc1C(=O)N1CCOCC1. The highest BCUT2D eigenvalue weighted by molar-refractivity contribution is 8.01. The van der Waals surface area contributed by atoms with Gasteiger partial charge in [-0.3, -0.25) is 19.0 Å². The molecule has 1 N–H and O–H groups in total. The maximum Gasteiger partial charge on any atom is 0.256 e. The Hall–Kier alpha value is -3.99. The number of hydrogen-bond acceptors (Lipinski definition) is 7. The Morgan fingerprint density at radius 2 is 1.70 bits per heavy atom. The molecule has 0 atom stereocenters. The number of benzene rings is 3. The molecule has 3 heterocycles. The number of hydrogen-bond donors (Lipinski definition) is 1. The van der Waals surface area contributed by atoms with Crippen molar-refractivity contribution in [1.29, 1.82) is 0 Å². The van der Waals surface area contributed by atoms with Gasteiger partial charge in [-0.05, 0) is 67.6 Å². The Bertz CT molecular complexity index is 1870. The zero-order chi connectivity index (χ0) is 29.3. The summed E-state index contributed by atoms with van der Waals surface area (Å²) in [6, 6.07) is 20.7. The monoisotopic (exact) mass is 610 g/mol. The summed E-state index contributed by atoms with van der Waals surface area (Å²) in [6.45, 7) is 2.00. The molecule has 0 unspecified atom stereocenters. The van der Waals surface area contributed by atoms with Crippen LogP contribution in [0.4, 0.5) is 5.69 Å². The minimum atomic E-state index is -0.344. The molecule has 5 aromatic rings. The molecule has 1 saturated heterocycles. The van der Waals surface area contributed by atoms with Crippen LogP contribution in [0.1, 0.15) is 49.6 Å². The van der Waals surface area contributed by atoms with E-state index < -0.39 is 0 Å². The standard InChI is InChI=1S/C33H30N4O4S2/c38-30(37-27-11-5-3-7-22(27)23-8-4-6-12-28(23)37)20-42-33-35-26-14-13-21(19-29(26)43-33)34-31(39)24-9-1-2-10-25(24)32(40)36-15-17-41-18-16-36/h1-3,5,7,9-11,13-14,19H,4,6,8,12,15-18,20H2,(H,34,39). The molecule has 2 aromatic heterocycles. The highest BCUT2D eigenvalue weighted by Gasteiger charge is 2.25. The number of nitrogens with one attached hydrogen (secondary N) is 1. The van der Waals surface area contributed by atoms with Crippen LogP contribution in [0.25, 0.3) is 21.1 Å². The third-order valence-corrected chi connectivity index (χ3v) is 10.2. The van der Waals surface area contributed by atoms with E-state index in [4.69, 9.17) is 9.72 Å². The van der Waals surface area contributed by atoms with E-state index in [1.807, 2.05) is 41.0 Å². The van der Waals surface area contributed by atoms with Gasteiger partial charge in [0.1, 0.15) is 0 Å². The second-order valence-electron chi connectivity index (χ2n) is 10.7. The number of ether oxygens (including phenoxy) is 1. The van der Waals surface area contributed by atoms with Gasteiger partial charge in [-0.1, -0.05) is 42.1 Å². The van der Waals surface area contributed by atoms with E-state index in [9.17, 15) is 14.4 Å². The molecule has 8 nitrogen and oxygen atoms in total. The van der Waals surface area contributed by atoms with Gasteiger partial charge in [-0.2, -0.15) is 0 Å². The van der Waals surface area contributed by atoms with Crippen LogP contribution >= 0.6 is 23.1 Å². The summed E-state index contributed by atoms with van der Waals surface area (Å²) in [4.78, 5) is 46.4. The number of carbonyl (C=O) groups is 3. The third kappa shape index (κ3) is 5.46. The number of anilines is 1. The Labute approximate surface area is 257 Å². The lowest BCUT2D eigenvalue weighted by molar-refractivity contribution is 0.0302. The van der Waals surface area contributed by atoms with Gasteiger partial charge in [0.15, 0.2) is 4.34 Å². The van der Waals surface area contributed by atoms with Gasteiger partial charge >= 0.3 is 0 Å². The number of thiazole rings is 1. The van der Waals surface area contributed by atoms with Crippen LogP contribution < -0.4 is 5.32 Å². The molecule has 1 aliphatic carbocycles. The summed E-state index contributed by atoms with van der Waals surface area (Å²) in [5.41, 5.74) is 5.62. The van der Waals surface area contributed by atoms with Gasteiger partial charge in [0.05, 0.1) is 45.8 Å². The summed E-state index contributed by atoms with van der Waals surface area (Å²) < 4.78 is 9.01. The van der Waals surface area contributed by atoms with Crippen LogP contribution in [0.2, 0.25) is 0 Å². The predicted molar refractivity (Wildman–Crippen MR) is 171 cm³/mol. The fraction of sp³-hybridized carbons (Fsp3) is 0.273. The number of rotatable bonds is 6. The van der Waals surface area contributed by atoms with E-state index in [0.29, 0.717) is 48.9 Å². The van der Waals surface area contributed by atoms with Crippen LogP contribution in [-0.2, 0) is 17.6 Å². The second kappa shape index (κ2) is 11.9. The minimum Gasteiger partial charge on any atom is -0.378 e. The molecule has 0 bridgehead atoms. The molecule has 0 spiro atoms. The van der Waals surface area contributed by atoms with Crippen molar-refractivity contribution in [2.45, 2.75) is 30.0 Å². The molecule has 0 radical (unpaired) electrons. The molecule has 3 aromatic carbocycles. The third-order valence-electron chi connectivity index (χ3n) is 8.07. The van der Waals surface area contributed by atoms with Crippen molar-refractivity contribution >= 4 is 67.6 Å². The first-order valence-electron chi connectivity index (χ1n) is 14.5. The number of para-hydroxylation sites is 1. The van der Waals surface area contributed by atoms with E-state index >= 15 is 0 Å². The van der Waals surface area contributed by atoms with Gasteiger partial charge in [0.2, 0.25) is 5.91 Å². The van der Waals surface area contributed by atoms with Crippen LogP contribution in [0.15, 0.2) is 71.1 Å². The van der Waals surface area contributed by atoms with Crippen molar-refractivity contribution in [3.05, 3.63) is 89.1 Å². The summed E-state index contributed by atoms with van der Waals surface area (Å²) in [5.74, 6) is -0.148. The van der Waals surface area contributed by atoms with Crippen LogP contribution in [-0.4, -0.2) is 64.2 Å². The van der Waals surface area contributed by atoms with E-state index in [2.05, 4.69) is 11.4 Å². The Morgan fingerprint density at radius 1 is 0.930 bits per heavy atom. The van der Waals surface area contributed by atoms with E-state index in [1.165, 1.54) is 34.0 Å². The fourth-order valence-corrected chi connectivity index (χ4v) is 7.97. The zero-order valence-electron chi connectivity index (χ0n) is 23.5. The molecule has 7 rings (SSSR count). The number of fused-ring (bicyclic) bond motifs is 4. The average Bonchev–Trinajstić information content (AvgIpc) is 3.62. The fourth-order valence-electron chi connectivity index (χ4n) is 6.01. The number of aromatic nitrogens is 2. The second-order valence-corrected chi connectivity index (χ2v) is 13.0. The normalized spacial score (nSPS) is 15.0. The van der Waals surface area contributed by atoms with Gasteiger partial charge in [-0.25, -0.2) is 4.98 Å². The summed E-state index contributed by atoms with van der Waals surface area (Å²) in [5, 5.41) is 4.15. The first kappa shape index (κ1) is 27.8. The first-order chi connectivity index (χ1) is 21.1. The van der Waals surface area contributed by atoms with Crippen molar-refractivity contribution in [3.8, 4) is 0 Å². The molecular weight excluding hydrogens is 581 g/mol. The quantitative estimate of drug-likeness (QED) is 0.227. The van der Waals surface area contributed by atoms with Gasteiger partial charge in [0, 0.05) is 29.9 Å². The van der Waals surface area contributed by atoms with Gasteiger partial charge < -0.3 is 15.0 Å². The molecule has 10 heteroatoms. The molecule has 2 amide bonds. The van der Waals surface area contributed by atoms with Crippen molar-refractivity contribution in [1.82, 2.24) is 14.5 Å². The Kier molecular flexibility index (Phi) is 7.73. The zero-order valence-corrected chi connectivity index (χ0v) is 25.1. The summed E-state index contributed by atoms with van der Waals surface area (Å²) in [6.07, 6.45) is 4.23. The minimum absolute atomic E-state index is 0.0712. The van der Waals surface area contributed by atoms with Crippen molar-refractivity contribution < 1.29 is 19.1 Å². The van der Waals surface area contributed by atoms with E-state index in [0.717, 1.165) is 51.5 Å². The number of thioether (sulfide) groups is 1. The maximum atomic E-state index is 13.5. The largest absolute Gasteiger partial charge is 0.378 e. The summed E-state index contributed by atoms with van der Waals surface area (Å²) >= 11 is 2.94. The molecule has 2 aliphatic rings. The number of nitrogens with zero attached hydrogens (tertiary/aromatic N) is 3. The predicted octanol–water partition coefficient (Wildman–Crippen LogP) is 6.29. The van der Waals surface area contributed by atoms with Crippen molar-refractivity contribution in [2.24, 2.45) is 0 Å².